The first-order valence-corrected chi connectivity index (χ1v) is 5.72. The fourth-order valence-corrected chi connectivity index (χ4v) is 2.35. The van der Waals surface area contributed by atoms with Gasteiger partial charge in [0.2, 0.25) is 5.82 Å². The molecule has 2 rings (SSSR count). The average molecular weight is 238 g/mol. The Kier molecular flexibility index (Phi) is 3.00. The molecule has 4 nitrogen and oxygen atoms in total. The average Bonchev–Trinajstić information content (AvgIpc) is 2.59. The van der Waals surface area contributed by atoms with Gasteiger partial charge in [-0.3, -0.25) is 10.1 Å². The molecule has 0 bridgehead atoms. The van der Waals surface area contributed by atoms with Crippen molar-refractivity contribution in [2.24, 2.45) is 5.92 Å². The van der Waals surface area contributed by atoms with E-state index in [1.54, 1.807) is 6.07 Å². The fraction of sp³-hybridized carbons (Fsp3) is 0.500. The van der Waals surface area contributed by atoms with Crippen molar-refractivity contribution >= 4 is 11.4 Å². The van der Waals surface area contributed by atoms with E-state index in [9.17, 15) is 14.5 Å². The molecule has 0 saturated carbocycles. The highest BCUT2D eigenvalue weighted by Gasteiger charge is 2.33. The Morgan fingerprint density at radius 2 is 2.18 bits per heavy atom. The van der Waals surface area contributed by atoms with E-state index in [1.807, 2.05) is 11.8 Å². The van der Waals surface area contributed by atoms with E-state index in [2.05, 4.69) is 6.92 Å². The first-order valence-electron chi connectivity index (χ1n) is 5.72. The predicted octanol–water partition coefficient (Wildman–Crippen LogP) is 2.97. The Bertz CT molecular complexity index is 450. The number of hydrogen-bond donors (Lipinski definition) is 0. The van der Waals surface area contributed by atoms with E-state index in [-0.39, 0.29) is 6.04 Å². The second-order valence-electron chi connectivity index (χ2n) is 4.56. The lowest BCUT2D eigenvalue weighted by Crippen LogP contribution is -2.29. The maximum absolute atomic E-state index is 13.5. The lowest BCUT2D eigenvalue weighted by atomic mass is 10.0. The van der Waals surface area contributed by atoms with Crippen molar-refractivity contribution in [3.05, 3.63) is 34.1 Å². The van der Waals surface area contributed by atoms with E-state index in [4.69, 9.17) is 0 Å². The van der Waals surface area contributed by atoms with E-state index in [1.165, 1.54) is 6.07 Å². The summed E-state index contributed by atoms with van der Waals surface area (Å²) in [5, 5.41) is 10.9. The first kappa shape index (κ1) is 11.8. The van der Waals surface area contributed by atoms with Gasteiger partial charge in [0, 0.05) is 12.6 Å². The molecule has 1 aromatic carbocycles. The van der Waals surface area contributed by atoms with Crippen LogP contribution in [-0.4, -0.2) is 17.5 Å². The summed E-state index contributed by atoms with van der Waals surface area (Å²) in [4.78, 5) is 12.2. The summed E-state index contributed by atoms with van der Waals surface area (Å²) < 4.78 is 13.5. The van der Waals surface area contributed by atoms with Crippen molar-refractivity contribution in [2.75, 3.05) is 11.4 Å². The third-order valence-corrected chi connectivity index (χ3v) is 3.60. The molecule has 1 aliphatic rings. The molecule has 92 valence electrons. The standard InChI is InChI=1S/C12H15FN2O2/c1-8-6-7-14(9(8)2)11-5-3-4-10(13)12(11)15(16)17/h3-5,8-9H,6-7H2,1-2H3. The molecule has 0 spiro atoms. The molecule has 1 aliphatic heterocycles. The molecule has 0 amide bonds. The summed E-state index contributed by atoms with van der Waals surface area (Å²) in [6, 6.07) is 4.48. The number of hydrogen-bond acceptors (Lipinski definition) is 3. The number of halogens is 1. The van der Waals surface area contributed by atoms with Crippen molar-refractivity contribution in [3.8, 4) is 0 Å². The topological polar surface area (TPSA) is 46.4 Å². The second-order valence-corrected chi connectivity index (χ2v) is 4.56. The van der Waals surface area contributed by atoms with Gasteiger partial charge < -0.3 is 4.90 Å². The van der Waals surface area contributed by atoms with Crippen LogP contribution < -0.4 is 4.90 Å². The van der Waals surface area contributed by atoms with Crippen LogP contribution in [0.5, 0.6) is 0 Å². The van der Waals surface area contributed by atoms with Crippen LogP contribution in [0.2, 0.25) is 0 Å². The molecule has 0 aliphatic carbocycles. The van der Waals surface area contributed by atoms with Gasteiger partial charge in [-0.15, -0.1) is 0 Å². The van der Waals surface area contributed by atoms with Gasteiger partial charge in [-0.2, -0.15) is 4.39 Å². The summed E-state index contributed by atoms with van der Waals surface area (Å²) in [7, 11) is 0. The number of nitrogens with zero attached hydrogens (tertiary/aromatic N) is 2. The summed E-state index contributed by atoms with van der Waals surface area (Å²) >= 11 is 0. The minimum absolute atomic E-state index is 0.204. The lowest BCUT2D eigenvalue weighted by molar-refractivity contribution is -0.386. The van der Waals surface area contributed by atoms with Crippen molar-refractivity contribution in [1.82, 2.24) is 0 Å². The Morgan fingerprint density at radius 1 is 1.47 bits per heavy atom. The normalized spacial score (nSPS) is 24.1. The minimum Gasteiger partial charge on any atom is -0.363 e. The van der Waals surface area contributed by atoms with Gasteiger partial charge >= 0.3 is 5.69 Å². The SMILES string of the molecule is CC1CCN(c2cccc(F)c2[N+](=O)[O-])C1C. The van der Waals surface area contributed by atoms with Crippen LogP contribution in [0.25, 0.3) is 0 Å². The van der Waals surface area contributed by atoms with Crippen LogP contribution in [0.15, 0.2) is 18.2 Å². The largest absolute Gasteiger partial charge is 0.363 e. The predicted molar refractivity (Wildman–Crippen MR) is 63.6 cm³/mol. The minimum atomic E-state index is -0.765. The zero-order chi connectivity index (χ0) is 12.6. The van der Waals surface area contributed by atoms with Crippen LogP contribution in [0.1, 0.15) is 20.3 Å². The molecule has 1 fully saturated rings. The number of para-hydroxylation sites is 1. The van der Waals surface area contributed by atoms with Crippen LogP contribution in [0.4, 0.5) is 15.8 Å². The number of nitro benzene ring substituents is 1. The summed E-state index contributed by atoms with van der Waals surface area (Å²) in [5.41, 5.74) is -0.0136. The number of anilines is 1. The Morgan fingerprint density at radius 3 is 2.71 bits per heavy atom. The van der Waals surface area contributed by atoms with Crippen LogP contribution in [-0.2, 0) is 0 Å². The second kappa shape index (κ2) is 4.31. The zero-order valence-electron chi connectivity index (χ0n) is 9.89. The van der Waals surface area contributed by atoms with E-state index >= 15 is 0 Å². The highest BCUT2D eigenvalue weighted by molar-refractivity contribution is 5.64. The smallest absolute Gasteiger partial charge is 0.327 e. The van der Waals surface area contributed by atoms with Gasteiger partial charge in [0.05, 0.1) is 4.92 Å². The molecule has 5 heteroatoms. The quantitative estimate of drug-likeness (QED) is 0.587. The molecule has 17 heavy (non-hydrogen) atoms. The maximum Gasteiger partial charge on any atom is 0.327 e. The van der Waals surface area contributed by atoms with Crippen LogP contribution in [0, 0.1) is 21.8 Å². The third kappa shape index (κ3) is 1.97. The van der Waals surface area contributed by atoms with Crippen molar-refractivity contribution in [1.29, 1.82) is 0 Å². The van der Waals surface area contributed by atoms with Gasteiger partial charge in [-0.1, -0.05) is 13.0 Å². The highest BCUT2D eigenvalue weighted by Crippen LogP contribution is 2.36. The molecule has 2 atom stereocenters. The van der Waals surface area contributed by atoms with E-state index in [0.717, 1.165) is 19.0 Å². The fourth-order valence-electron chi connectivity index (χ4n) is 2.35. The van der Waals surface area contributed by atoms with Gasteiger partial charge in [0.1, 0.15) is 5.69 Å². The molecule has 1 saturated heterocycles. The molecule has 0 N–H and O–H groups in total. The van der Waals surface area contributed by atoms with Gasteiger partial charge in [-0.05, 0) is 31.4 Å². The lowest BCUT2D eigenvalue weighted by Gasteiger charge is -2.25. The van der Waals surface area contributed by atoms with Crippen molar-refractivity contribution in [2.45, 2.75) is 26.3 Å². The Balaban J connectivity index is 2.45. The van der Waals surface area contributed by atoms with Crippen molar-refractivity contribution in [3.63, 3.8) is 0 Å². The third-order valence-electron chi connectivity index (χ3n) is 3.60. The summed E-state index contributed by atoms with van der Waals surface area (Å²) in [6.45, 7) is 4.87. The number of benzene rings is 1. The maximum atomic E-state index is 13.5. The van der Waals surface area contributed by atoms with Gasteiger partial charge in [0.15, 0.2) is 0 Å². The summed E-state index contributed by atoms with van der Waals surface area (Å²) in [6.07, 6.45) is 0.981. The summed E-state index contributed by atoms with van der Waals surface area (Å²) in [5.74, 6) is -0.294. The van der Waals surface area contributed by atoms with Gasteiger partial charge in [0.25, 0.3) is 0 Å². The molecule has 1 aromatic rings. The molecule has 0 radical (unpaired) electrons. The number of nitro groups is 1. The Labute approximate surface area is 99.2 Å². The zero-order valence-corrected chi connectivity index (χ0v) is 9.89. The highest BCUT2D eigenvalue weighted by atomic mass is 19.1. The molecular weight excluding hydrogens is 223 g/mol. The monoisotopic (exact) mass is 238 g/mol. The Hall–Kier alpha value is -1.65. The first-order chi connectivity index (χ1) is 8.02. The van der Waals surface area contributed by atoms with E-state index in [0.29, 0.717) is 11.6 Å². The van der Waals surface area contributed by atoms with Crippen LogP contribution >= 0.6 is 0 Å². The molecule has 1 heterocycles. The molecular formula is C12H15FN2O2. The van der Waals surface area contributed by atoms with Gasteiger partial charge in [-0.25, -0.2) is 0 Å². The van der Waals surface area contributed by atoms with E-state index < -0.39 is 16.4 Å². The van der Waals surface area contributed by atoms with Crippen molar-refractivity contribution < 1.29 is 9.31 Å². The molecule has 0 aromatic heterocycles. The molecule has 2 unspecified atom stereocenters. The van der Waals surface area contributed by atoms with Crippen LogP contribution in [0.3, 0.4) is 0 Å². The number of rotatable bonds is 2.